The first-order valence-electron chi connectivity index (χ1n) is 8.51. The van der Waals surface area contributed by atoms with E-state index in [2.05, 4.69) is 31.2 Å². The quantitative estimate of drug-likeness (QED) is 0.850. The van der Waals surface area contributed by atoms with Crippen LogP contribution in [0.5, 0.6) is 0 Å². The molecule has 21 heavy (non-hydrogen) atoms. The Bertz CT molecular complexity index is 487. The van der Waals surface area contributed by atoms with E-state index in [-0.39, 0.29) is 11.8 Å². The fourth-order valence-electron chi connectivity index (χ4n) is 4.05. The maximum atomic E-state index is 11.6. The van der Waals surface area contributed by atoms with Gasteiger partial charge in [-0.05, 0) is 61.0 Å². The molecule has 2 aliphatic rings. The first-order chi connectivity index (χ1) is 10.2. The Morgan fingerprint density at radius 2 is 1.76 bits per heavy atom. The molecule has 3 unspecified atom stereocenters. The predicted octanol–water partition coefficient (Wildman–Crippen LogP) is 4.95. The third kappa shape index (κ3) is 3.00. The Morgan fingerprint density at radius 3 is 2.29 bits per heavy atom. The Kier molecular flexibility index (Phi) is 4.32. The maximum absolute atomic E-state index is 11.6. The highest BCUT2D eigenvalue weighted by molar-refractivity contribution is 5.71. The molecule has 1 aromatic rings. The fraction of sp³-hybridized carbons (Fsp3) is 0.632. The van der Waals surface area contributed by atoms with E-state index in [9.17, 15) is 9.90 Å². The summed E-state index contributed by atoms with van der Waals surface area (Å²) in [5.74, 6) is 0.845. The summed E-state index contributed by atoms with van der Waals surface area (Å²) in [6.45, 7) is 2.22. The molecule has 1 aromatic carbocycles. The van der Waals surface area contributed by atoms with Gasteiger partial charge in [0.2, 0.25) is 0 Å². The molecule has 2 nitrogen and oxygen atoms in total. The molecular formula is C19H26O2. The van der Waals surface area contributed by atoms with Crippen molar-refractivity contribution in [1.29, 1.82) is 0 Å². The lowest BCUT2D eigenvalue weighted by Crippen LogP contribution is -2.29. The van der Waals surface area contributed by atoms with Crippen molar-refractivity contribution in [2.24, 2.45) is 11.8 Å². The van der Waals surface area contributed by atoms with Crippen molar-refractivity contribution >= 4 is 5.97 Å². The van der Waals surface area contributed by atoms with E-state index in [1.54, 1.807) is 0 Å². The molecule has 0 amide bonds. The van der Waals surface area contributed by atoms with Crippen molar-refractivity contribution in [1.82, 2.24) is 0 Å². The molecule has 3 atom stereocenters. The minimum atomic E-state index is -0.613. The van der Waals surface area contributed by atoms with E-state index in [1.165, 1.54) is 36.8 Å². The number of benzene rings is 1. The van der Waals surface area contributed by atoms with Crippen LogP contribution in [0.1, 0.15) is 74.8 Å². The molecule has 1 N–H and O–H groups in total. The molecule has 2 fully saturated rings. The summed E-state index contributed by atoms with van der Waals surface area (Å²) in [4.78, 5) is 11.6. The number of carboxylic acid groups (broad SMARTS) is 1. The van der Waals surface area contributed by atoms with Gasteiger partial charge in [0.25, 0.3) is 0 Å². The van der Waals surface area contributed by atoms with Crippen LogP contribution in [0.4, 0.5) is 0 Å². The standard InChI is InChI=1S/C19H26O2/c1-2-13-6-11-17(19(20)21)18(12-13)16-9-7-15(8-10-16)14-4-3-5-14/h7-10,13-14,17-18H,2-6,11-12H2,1H3,(H,20,21). The lowest BCUT2D eigenvalue weighted by atomic mass is 9.70. The largest absolute Gasteiger partial charge is 0.481 e. The van der Waals surface area contributed by atoms with Crippen molar-refractivity contribution in [3.8, 4) is 0 Å². The summed E-state index contributed by atoms with van der Waals surface area (Å²) in [5, 5.41) is 9.52. The second-order valence-electron chi connectivity index (χ2n) is 6.93. The van der Waals surface area contributed by atoms with Gasteiger partial charge < -0.3 is 5.11 Å². The number of carboxylic acids is 1. The van der Waals surface area contributed by atoms with Crippen LogP contribution in [0.15, 0.2) is 24.3 Å². The molecule has 0 bridgehead atoms. The number of carbonyl (C=O) groups is 1. The predicted molar refractivity (Wildman–Crippen MR) is 84.5 cm³/mol. The zero-order chi connectivity index (χ0) is 14.8. The molecule has 0 saturated heterocycles. The van der Waals surface area contributed by atoms with E-state index < -0.39 is 5.97 Å². The number of hydrogen-bond acceptors (Lipinski definition) is 1. The summed E-state index contributed by atoms with van der Waals surface area (Å²) in [6.07, 6.45) is 8.11. The second kappa shape index (κ2) is 6.21. The highest BCUT2D eigenvalue weighted by Crippen LogP contribution is 2.43. The van der Waals surface area contributed by atoms with Crippen molar-refractivity contribution in [2.75, 3.05) is 0 Å². The Balaban J connectivity index is 1.79. The SMILES string of the molecule is CCC1CCC(C(=O)O)C(c2ccc(C3CCC3)cc2)C1. The van der Waals surface area contributed by atoms with E-state index in [0.717, 1.165) is 25.2 Å². The highest BCUT2D eigenvalue weighted by atomic mass is 16.4. The van der Waals surface area contributed by atoms with E-state index in [0.29, 0.717) is 5.92 Å². The van der Waals surface area contributed by atoms with E-state index in [1.807, 2.05) is 0 Å². The van der Waals surface area contributed by atoms with Gasteiger partial charge in [0.1, 0.15) is 0 Å². The summed E-state index contributed by atoms with van der Waals surface area (Å²) >= 11 is 0. The Morgan fingerprint density at radius 1 is 1.10 bits per heavy atom. The van der Waals surface area contributed by atoms with Crippen LogP contribution in [0, 0.1) is 11.8 Å². The first-order valence-corrected chi connectivity index (χ1v) is 8.51. The molecule has 2 heteroatoms. The van der Waals surface area contributed by atoms with E-state index in [4.69, 9.17) is 0 Å². The van der Waals surface area contributed by atoms with Crippen LogP contribution >= 0.6 is 0 Å². The third-order valence-electron chi connectivity index (χ3n) is 5.79. The van der Waals surface area contributed by atoms with Crippen molar-refractivity contribution in [3.63, 3.8) is 0 Å². The van der Waals surface area contributed by atoms with Gasteiger partial charge in [-0.25, -0.2) is 0 Å². The van der Waals surface area contributed by atoms with Crippen LogP contribution in [0.25, 0.3) is 0 Å². The van der Waals surface area contributed by atoms with Crippen molar-refractivity contribution in [2.45, 2.75) is 63.7 Å². The van der Waals surface area contributed by atoms with Crippen molar-refractivity contribution in [3.05, 3.63) is 35.4 Å². The molecule has 3 rings (SSSR count). The minimum absolute atomic E-state index is 0.192. The molecule has 0 heterocycles. The molecule has 0 spiro atoms. The average molecular weight is 286 g/mol. The van der Waals surface area contributed by atoms with E-state index >= 15 is 0 Å². The molecule has 0 aromatic heterocycles. The normalized spacial score (nSPS) is 29.9. The van der Waals surface area contributed by atoms with Crippen LogP contribution in [0.3, 0.4) is 0 Å². The van der Waals surface area contributed by atoms with Gasteiger partial charge >= 0.3 is 5.97 Å². The van der Waals surface area contributed by atoms with Gasteiger partial charge in [-0.2, -0.15) is 0 Å². The van der Waals surface area contributed by atoms with Gasteiger partial charge in [-0.15, -0.1) is 0 Å². The summed E-state index contributed by atoms with van der Waals surface area (Å²) in [5.41, 5.74) is 2.68. The summed E-state index contributed by atoms with van der Waals surface area (Å²) < 4.78 is 0. The topological polar surface area (TPSA) is 37.3 Å². The van der Waals surface area contributed by atoms with Crippen LogP contribution < -0.4 is 0 Å². The van der Waals surface area contributed by atoms with Gasteiger partial charge in [0.15, 0.2) is 0 Å². The zero-order valence-corrected chi connectivity index (χ0v) is 12.9. The molecule has 0 radical (unpaired) electrons. The maximum Gasteiger partial charge on any atom is 0.307 e. The lowest BCUT2D eigenvalue weighted by molar-refractivity contribution is -0.143. The number of rotatable bonds is 4. The third-order valence-corrected chi connectivity index (χ3v) is 5.79. The average Bonchev–Trinajstić information content (AvgIpc) is 2.45. The molecular weight excluding hydrogens is 260 g/mol. The highest BCUT2D eigenvalue weighted by Gasteiger charge is 2.35. The second-order valence-corrected chi connectivity index (χ2v) is 6.93. The van der Waals surface area contributed by atoms with Gasteiger partial charge in [0, 0.05) is 0 Å². The summed E-state index contributed by atoms with van der Waals surface area (Å²) in [6, 6.07) is 8.89. The Hall–Kier alpha value is -1.31. The molecule has 0 aliphatic heterocycles. The first kappa shape index (κ1) is 14.6. The van der Waals surface area contributed by atoms with Gasteiger partial charge in [0.05, 0.1) is 5.92 Å². The van der Waals surface area contributed by atoms with Crippen LogP contribution in [-0.4, -0.2) is 11.1 Å². The van der Waals surface area contributed by atoms with Crippen LogP contribution in [-0.2, 0) is 4.79 Å². The smallest absolute Gasteiger partial charge is 0.307 e. The molecule has 114 valence electrons. The molecule has 2 aliphatic carbocycles. The van der Waals surface area contributed by atoms with Crippen LogP contribution in [0.2, 0.25) is 0 Å². The molecule has 2 saturated carbocycles. The monoisotopic (exact) mass is 286 g/mol. The summed E-state index contributed by atoms with van der Waals surface area (Å²) in [7, 11) is 0. The lowest BCUT2D eigenvalue weighted by Gasteiger charge is -2.34. The number of aliphatic carboxylic acids is 1. The Labute approximate surface area is 127 Å². The minimum Gasteiger partial charge on any atom is -0.481 e. The number of hydrogen-bond donors (Lipinski definition) is 1. The fourth-order valence-corrected chi connectivity index (χ4v) is 4.05. The van der Waals surface area contributed by atoms with Crippen molar-refractivity contribution < 1.29 is 9.90 Å². The van der Waals surface area contributed by atoms with Gasteiger partial charge in [-0.3, -0.25) is 4.79 Å². The van der Waals surface area contributed by atoms with Gasteiger partial charge in [-0.1, -0.05) is 44.0 Å². The zero-order valence-electron chi connectivity index (χ0n) is 12.9.